The normalized spacial score (nSPS) is 13.2. The molecule has 0 atom stereocenters. The number of hydrogen-bond acceptors (Lipinski definition) is 4. The number of carbonyl (C=O) groups is 1. The topological polar surface area (TPSA) is 84.5 Å². The molecular weight excluding hydrogens is 527 g/mol. The van der Waals surface area contributed by atoms with Crippen LogP contribution in [-0.2, 0) is 21.2 Å². The molecule has 0 aromatic heterocycles. The number of halogens is 2. The van der Waals surface area contributed by atoms with Crippen molar-refractivity contribution < 1.29 is 22.3 Å². The smallest absolute Gasteiger partial charge is 0.240 e. The van der Waals surface area contributed by atoms with Crippen LogP contribution in [0.1, 0.15) is 18.4 Å². The molecule has 1 amide bonds. The minimum atomic E-state index is -3.55. The molecule has 0 bridgehead atoms. The molecule has 4 aromatic rings. The minimum Gasteiger partial charge on any atom is -0.457 e. The Kier molecular flexibility index (Phi) is 7.46. The van der Waals surface area contributed by atoms with Crippen LogP contribution in [0.2, 0.25) is 5.02 Å². The maximum atomic E-state index is 13.9. The van der Waals surface area contributed by atoms with Crippen molar-refractivity contribution in [3.8, 4) is 22.6 Å². The molecule has 5 rings (SSSR count). The van der Waals surface area contributed by atoms with E-state index in [1.54, 1.807) is 66.7 Å². The molecule has 4 aromatic carbocycles. The van der Waals surface area contributed by atoms with Gasteiger partial charge in [-0.1, -0.05) is 41.9 Å². The summed E-state index contributed by atoms with van der Waals surface area (Å²) >= 11 is 6.10. The SMILES string of the molecule is O=C(Cc1ccc(S(=O)(=O)NC2CC2)cc1)Nc1ccc(-c2cccc(F)c2)c(Oc2cccc(Cl)c2)c1. The Balaban J connectivity index is 1.33. The Morgan fingerprint density at radius 1 is 0.947 bits per heavy atom. The van der Waals surface area contributed by atoms with E-state index in [0.29, 0.717) is 38.9 Å². The van der Waals surface area contributed by atoms with Crippen LogP contribution in [0.25, 0.3) is 11.1 Å². The van der Waals surface area contributed by atoms with E-state index < -0.39 is 10.0 Å². The minimum absolute atomic E-state index is 0.0190. The molecule has 0 unspecified atom stereocenters. The molecule has 1 saturated carbocycles. The standard InChI is InChI=1S/C29H24ClFN2O4S/c30-21-4-2-6-25(17-21)37-28-18-24(11-14-27(28)20-3-1-5-22(31)16-20)32-29(34)15-19-7-12-26(13-8-19)38(35,36)33-23-9-10-23/h1-8,11-14,16-18,23,33H,9-10,15H2,(H,32,34). The third kappa shape index (κ3) is 6.58. The summed E-state index contributed by atoms with van der Waals surface area (Å²) < 4.78 is 47.4. The quantitative estimate of drug-likeness (QED) is 0.247. The van der Waals surface area contributed by atoms with Crippen LogP contribution < -0.4 is 14.8 Å². The number of carbonyl (C=O) groups excluding carboxylic acids is 1. The zero-order valence-corrected chi connectivity index (χ0v) is 21.7. The highest BCUT2D eigenvalue weighted by Gasteiger charge is 2.27. The van der Waals surface area contributed by atoms with E-state index in [9.17, 15) is 17.6 Å². The predicted molar refractivity (Wildman–Crippen MR) is 145 cm³/mol. The second kappa shape index (κ2) is 10.9. The van der Waals surface area contributed by atoms with Gasteiger partial charge in [0, 0.05) is 28.4 Å². The summed E-state index contributed by atoms with van der Waals surface area (Å²) in [7, 11) is -3.55. The van der Waals surface area contributed by atoms with E-state index in [1.165, 1.54) is 24.3 Å². The second-order valence-electron chi connectivity index (χ2n) is 9.05. The Hall–Kier alpha value is -3.72. The van der Waals surface area contributed by atoms with E-state index in [-0.39, 0.29) is 29.1 Å². The number of anilines is 1. The van der Waals surface area contributed by atoms with E-state index in [4.69, 9.17) is 16.3 Å². The van der Waals surface area contributed by atoms with Crippen molar-refractivity contribution in [3.63, 3.8) is 0 Å². The van der Waals surface area contributed by atoms with Crippen molar-refractivity contribution in [2.75, 3.05) is 5.32 Å². The van der Waals surface area contributed by atoms with E-state index >= 15 is 0 Å². The lowest BCUT2D eigenvalue weighted by atomic mass is 10.0. The number of hydrogen-bond donors (Lipinski definition) is 2. The molecule has 1 aliphatic carbocycles. The highest BCUT2D eigenvalue weighted by atomic mass is 35.5. The van der Waals surface area contributed by atoms with Gasteiger partial charge in [0.15, 0.2) is 0 Å². The molecule has 0 spiro atoms. The van der Waals surface area contributed by atoms with Crippen LogP contribution in [0.5, 0.6) is 11.5 Å². The van der Waals surface area contributed by atoms with Gasteiger partial charge in [0.2, 0.25) is 15.9 Å². The number of nitrogens with one attached hydrogen (secondary N) is 2. The lowest BCUT2D eigenvalue weighted by molar-refractivity contribution is -0.115. The van der Waals surface area contributed by atoms with Gasteiger partial charge in [-0.3, -0.25) is 4.79 Å². The number of ether oxygens (including phenoxy) is 1. The van der Waals surface area contributed by atoms with Gasteiger partial charge in [0.05, 0.1) is 11.3 Å². The van der Waals surface area contributed by atoms with Crippen molar-refractivity contribution in [3.05, 3.63) is 107 Å². The van der Waals surface area contributed by atoms with Crippen LogP contribution >= 0.6 is 11.6 Å². The third-order valence-electron chi connectivity index (χ3n) is 5.92. The number of rotatable bonds is 9. The van der Waals surface area contributed by atoms with Gasteiger partial charge in [-0.2, -0.15) is 0 Å². The van der Waals surface area contributed by atoms with Gasteiger partial charge in [-0.05, 0) is 78.6 Å². The summed E-state index contributed by atoms with van der Waals surface area (Å²) in [6, 6.07) is 24.4. The molecule has 0 heterocycles. The van der Waals surface area contributed by atoms with Gasteiger partial charge in [-0.25, -0.2) is 17.5 Å². The Morgan fingerprint density at radius 3 is 2.42 bits per heavy atom. The molecule has 2 N–H and O–H groups in total. The fourth-order valence-corrected chi connectivity index (χ4v) is 5.39. The van der Waals surface area contributed by atoms with Crippen molar-refractivity contribution >= 4 is 33.2 Å². The molecule has 0 aliphatic heterocycles. The molecular formula is C29H24ClFN2O4S. The number of sulfonamides is 1. The Bertz CT molecular complexity index is 1590. The first-order valence-corrected chi connectivity index (χ1v) is 13.9. The average Bonchev–Trinajstić information content (AvgIpc) is 3.68. The fourth-order valence-electron chi connectivity index (χ4n) is 3.90. The van der Waals surface area contributed by atoms with E-state index in [0.717, 1.165) is 12.8 Å². The Morgan fingerprint density at radius 2 is 1.71 bits per heavy atom. The van der Waals surface area contributed by atoms with Crippen molar-refractivity contribution in [1.29, 1.82) is 0 Å². The van der Waals surface area contributed by atoms with E-state index in [1.807, 2.05) is 0 Å². The first-order valence-electron chi connectivity index (χ1n) is 12.0. The van der Waals surface area contributed by atoms with Crippen LogP contribution in [-0.4, -0.2) is 20.4 Å². The maximum Gasteiger partial charge on any atom is 0.240 e. The number of amides is 1. The summed E-state index contributed by atoms with van der Waals surface area (Å²) in [6.07, 6.45) is 1.76. The molecule has 194 valence electrons. The van der Waals surface area contributed by atoms with Gasteiger partial charge < -0.3 is 10.1 Å². The highest BCUT2D eigenvalue weighted by molar-refractivity contribution is 7.89. The number of benzene rings is 4. The summed E-state index contributed by atoms with van der Waals surface area (Å²) in [5.41, 5.74) is 2.41. The average molecular weight is 551 g/mol. The van der Waals surface area contributed by atoms with Gasteiger partial charge in [0.1, 0.15) is 17.3 Å². The van der Waals surface area contributed by atoms with Gasteiger partial charge in [0.25, 0.3) is 0 Å². The highest BCUT2D eigenvalue weighted by Crippen LogP contribution is 2.36. The maximum absolute atomic E-state index is 13.9. The second-order valence-corrected chi connectivity index (χ2v) is 11.2. The molecule has 9 heteroatoms. The zero-order valence-electron chi connectivity index (χ0n) is 20.2. The molecule has 1 aliphatic rings. The monoisotopic (exact) mass is 550 g/mol. The van der Waals surface area contributed by atoms with Crippen LogP contribution in [0.15, 0.2) is 95.9 Å². The zero-order chi connectivity index (χ0) is 26.7. The summed E-state index contributed by atoms with van der Waals surface area (Å²) in [5, 5.41) is 3.35. The predicted octanol–water partition coefficient (Wildman–Crippen LogP) is 6.56. The summed E-state index contributed by atoms with van der Waals surface area (Å²) in [6.45, 7) is 0. The largest absolute Gasteiger partial charge is 0.457 e. The van der Waals surface area contributed by atoms with Crippen LogP contribution in [0.3, 0.4) is 0 Å². The van der Waals surface area contributed by atoms with Crippen LogP contribution in [0, 0.1) is 5.82 Å². The summed E-state index contributed by atoms with van der Waals surface area (Å²) in [4.78, 5) is 13.0. The first-order chi connectivity index (χ1) is 18.2. The first kappa shape index (κ1) is 25.9. The van der Waals surface area contributed by atoms with Crippen molar-refractivity contribution in [2.45, 2.75) is 30.2 Å². The fraction of sp³-hybridized carbons (Fsp3) is 0.138. The van der Waals surface area contributed by atoms with Gasteiger partial charge >= 0.3 is 0 Å². The van der Waals surface area contributed by atoms with Crippen molar-refractivity contribution in [1.82, 2.24) is 4.72 Å². The lowest BCUT2D eigenvalue weighted by Crippen LogP contribution is -2.25. The lowest BCUT2D eigenvalue weighted by Gasteiger charge is -2.14. The molecule has 38 heavy (non-hydrogen) atoms. The molecule has 1 fully saturated rings. The van der Waals surface area contributed by atoms with Gasteiger partial charge in [-0.15, -0.1) is 0 Å². The van der Waals surface area contributed by atoms with Crippen LogP contribution in [0.4, 0.5) is 10.1 Å². The molecule has 0 radical (unpaired) electrons. The third-order valence-corrected chi connectivity index (χ3v) is 7.69. The van der Waals surface area contributed by atoms with Crippen molar-refractivity contribution in [2.24, 2.45) is 0 Å². The molecule has 0 saturated heterocycles. The molecule has 6 nitrogen and oxygen atoms in total. The van der Waals surface area contributed by atoms with E-state index in [2.05, 4.69) is 10.0 Å². The summed E-state index contributed by atoms with van der Waals surface area (Å²) in [5.74, 6) is 0.234. The Labute approximate surface area is 225 Å².